The number of anilines is 1. The molecule has 110 valence electrons. The highest BCUT2D eigenvalue weighted by Gasteiger charge is 1.97. The topological polar surface area (TPSA) is 61.4 Å². The maximum atomic E-state index is 10.9. The minimum Gasteiger partial charge on any atom is -0.508 e. The highest BCUT2D eigenvalue weighted by atomic mass is 16.3. The molecule has 3 N–H and O–H groups in total. The Kier molecular flexibility index (Phi) is 5.35. The lowest BCUT2D eigenvalue weighted by atomic mass is 10.1. The van der Waals surface area contributed by atoms with Gasteiger partial charge < -0.3 is 15.7 Å². The average molecular weight is 284 g/mol. The Labute approximate surface area is 124 Å². The van der Waals surface area contributed by atoms with Crippen molar-refractivity contribution in [3.05, 3.63) is 59.7 Å². The molecule has 0 spiro atoms. The molecule has 1 amide bonds. The molecule has 0 bridgehead atoms. The third-order valence-corrected chi connectivity index (χ3v) is 3.13. The number of aromatic hydroxyl groups is 1. The molecule has 2 aromatic carbocycles. The Balaban J connectivity index is 1.73. The highest BCUT2D eigenvalue weighted by molar-refractivity contribution is 5.88. The van der Waals surface area contributed by atoms with Gasteiger partial charge in [-0.3, -0.25) is 4.79 Å². The van der Waals surface area contributed by atoms with Crippen molar-refractivity contribution in [2.24, 2.45) is 0 Å². The number of carbonyl (C=O) groups is 1. The Morgan fingerprint density at radius 1 is 1.00 bits per heavy atom. The molecule has 0 aromatic heterocycles. The zero-order valence-corrected chi connectivity index (χ0v) is 12.1. The van der Waals surface area contributed by atoms with Crippen molar-refractivity contribution in [2.45, 2.75) is 19.9 Å². The number of hydrogen-bond donors (Lipinski definition) is 3. The summed E-state index contributed by atoms with van der Waals surface area (Å²) in [7, 11) is 0. The van der Waals surface area contributed by atoms with Gasteiger partial charge in [-0.2, -0.15) is 0 Å². The minimum absolute atomic E-state index is 0.0604. The van der Waals surface area contributed by atoms with Gasteiger partial charge in [0.25, 0.3) is 0 Å². The van der Waals surface area contributed by atoms with Gasteiger partial charge in [0.2, 0.25) is 5.91 Å². The second-order valence-electron chi connectivity index (χ2n) is 4.97. The van der Waals surface area contributed by atoms with Gasteiger partial charge in [-0.15, -0.1) is 0 Å². The van der Waals surface area contributed by atoms with Gasteiger partial charge >= 0.3 is 0 Å². The quantitative estimate of drug-likeness (QED) is 0.715. The molecule has 0 saturated carbocycles. The highest BCUT2D eigenvalue weighted by Crippen LogP contribution is 2.11. The molecular formula is C17H20N2O2. The van der Waals surface area contributed by atoms with Crippen LogP contribution in [-0.2, 0) is 17.8 Å². The summed E-state index contributed by atoms with van der Waals surface area (Å²) in [5, 5.41) is 15.3. The van der Waals surface area contributed by atoms with Gasteiger partial charge in [0.15, 0.2) is 0 Å². The van der Waals surface area contributed by atoms with Crippen LogP contribution < -0.4 is 10.6 Å². The van der Waals surface area contributed by atoms with Crippen molar-refractivity contribution in [1.29, 1.82) is 0 Å². The van der Waals surface area contributed by atoms with E-state index in [0.29, 0.717) is 5.75 Å². The van der Waals surface area contributed by atoms with Crippen LogP contribution in [0, 0.1) is 0 Å². The number of phenols is 1. The number of benzene rings is 2. The number of amides is 1. The van der Waals surface area contributed by atoms with Crippen molar-refractivity contribution in [2.75, 3.05) is 11.9 Å². The summed E-state index contributed by atoms with van der Waals surface area (Å²) < 4.78 is 0. The predicted molar refractivity (Wildman–Crippen MR) is 84.3 cm³/mol. The lowest BCUT2D eigenvalue weighted by Gasteiger charge is -2.07. The zero-order chi connectivity index (χ0) is 15.1. The number of hydrogen-bond acceptors (Lipinski definition) is 3. The van der Waals surface area contributed by atoms with Gasteiger partial charge in [-0.25, -0.2) is 0 Å². The molecular weight excluding hydrogens is 264 g/mol. The van der Waals surface area contributed by atoms with E-state index in [2.05, 4.69) is 10.6 Å². The predicted octanol–water partition coefficient (Wildman–Crippen LogP) is 2.68. The van der Waals surface area contributed by atoms with Crippen LogP contribution in [0.1, 0.15) is 18.1 Å². The molecule has 0 heterocycles. The van der Waals surface area contributed by atoms with Crippen LogP contribution in [0.4, 0.5) is 5.69 Å². The van der Waals surface area contributed by atoms with Crippen LogP contribution in [0.3, 0.4) is 0 Å². The minimum atomic E-state index is -0.0604. The maximum absolute atomic E-state index is 10.9. The standard InChI is InChI=1S/C17H20N2O2/c1-13(20)19-16-6-2-15(3-7-16)12-18-11-10-14-4-8-17(21)9-5-14/h2-9,18,21H,10-12H2,1H3,(H,19,20). The Bertz CT molecular complexity index is 577. The molecule has 21 heavy (non-hydrogen) atoms. The van der Waals surface area contributed by atoms with E-state index in [0.717, 1.165) is 25.2 Å². The van der Waals surface area contributed by atoms with E-state index >= 15 is 0 Å². The molecule has 0 atom stereocenters. The van der Waals surface area contributed by atoms with Crippen LogP contribution in [0.2, 0.25) is 0 Å². The largest absolute Gasteiger partial charge is 0.508 e. The van der Waals surface area contributed by atoms with Gasteiger partial charge in [-0.05, 0) is 48.4 Å². The molecule has 0 aliphatic heterocycles. The normalized spacial score (nSPS) is 10.3. The molecule has 0 aliphatic rings. The number of carbonyl (C=O) groups excluding carboxylic acids is 1. The number of nitrogens with one attached hydrogen (secondary N) is 2. The van der Waals surface area contributed by atoms with Crippen molar-refractivity contribution in [3.8, 4) is 5.75 Å². The monoisotopic (exact) mass is 284 g/mol. The van der Waals surface area contributed by atoms with Crippen molar-refractivity contribution in [3.63, 3.8) is 0 Å². The summed E-state index contributed by atoms with van der Waals surface area (Å²) in [6.07, 6.45) is 0.921. The Hall–Kier alpha value is -2.33. The van der Waals surface area contributed by atoms with Crippen LogP contribution in [-0.4, -0.2) is 17.6 Å². The fourth-order valence-corrected chi connectivity index (χ4v) is 2.04. The molecule has 0 radical (unpaired) electrons. The summed E-state index contributed by atoms with van der Waals surface area (Å²) in [6.45, 7) is 3.16. The molecule has 4 heteroatoms. The fraction of sp³-hybridized carbons (Fsp3) is 0.235. The van der Waals surface area contributed by atoms with E-state index in [-0.39, 0.29) is 5.91 Å². The second-order valence-corrected chi connectivity index (χ2v) is 4.97. The average Bonchev–Trinajstić information content (AvgIpc) is 2.46. The van der Waals surface area contributed by atoms with E-state index < -0.39 is 0 Å². The first-order chi connectivity index (χ1) is 10.1. The van der Waals surface area contributed by atoms with Gasteiger partial charge in [0, 0.05) is 19.2 Å². The first-order valence-electron chi connectivity index (χ1n) is 6.98. The molecule has 2 aromatic rings. The van der Waals surface area contributed by atoms with Crippen molar-refractivity contribution < 1.29 is 9.90 Å². The van der Waals surface area contributed by atoms with E-state index in [4.69, 9.17) is 0 Å². The fourth-order valence-electron chi connectivity index (χ4n) is 2.04. The van der Waals surface area contributed by atoms with Crippen LogP contribution in [0.5, 0.6) is 5.75 Å². The smallest absolute Gasteiger partial charge is 0.221 e. The van der Waals surface area contributed by atoms with Gasteiger partial charge in [-0.1, -0.05) is 24.3 Å². The lowest BCUT2D eigenvalue weighted by Crippen LogP contribution is -2.16. The van der Waals surface area contributed by atoms with E-state index in [1.165, 1.54) is 18.1 Å². The first-order valence-corrected chi connectivity index (χ1v) is 6.98. The van der Waals surface area contributed by atoms with Gasteiger partial charge in [0.1, 0.15) is 5.75 Å². The Morgan fingerprint density at radius 2 is 1.62 bits per heavy atom. The summed E-state index contributed by atoms with van der Waals surface area (Å²) in [5.74, 6) is 0.237. The van der Waals surface area contributed by atoms with E-state index in [1.54, 1.807) is 12.1 Å². The second kappa shape index (κ2) is 7.45. The summed E-state index contributed by atoms with van der Waals surface area (Å²) in [5.41, 5.74) is 3.19. The number of phenolic OH excluding ortho intramolecular Hbond substituents is 1. The molecule has 4 nitrogen and oxygen atoms in total. The number of rotatable bonds is 6. The summed E-state index contributed by atoms with van der Waals surface area (Å²) in [6, 6.07) is 15.1. The van der Waals surface area contributed by atoms with Gasteiger partial charge in [0.05, 0.1) is 0 Å². The van der Waals surface area contributed by atoms with Crippen molar-refractivity contribution in [1.82, 2.24) is 5.32 Å². The lowest BCUT2D eigenvalue weighted by molar-refractivity contribution is -0.114. The first kappa shape index (κ1) is 15.1. The summed E-state index contributed by atoms with van der Waals surface area (Å²) in [4.78, 5) is 10.9. The molecule has 0 fully saturated rings. The van der Waals surface area contributed by atoms with Crippen LogP contribution in [0.25, 0.3) is 0 Å². The van der Waals surface area contributed by atoms with Crippen LogP contribution >= 0.6 is 0 Å². The SMILES string of the molecule is CC(=O)Nc1ccc(CNCCc2ccc(O)cc2)cc1. The third-order valence-electron chi connectivity index (χ3n) is 3.13. The van der Waals surface area contributed by atoms with Crippen LogP contribution in [0.15, 0.2) is 48.5 Å². The molecule has 0 aliphatic carbocycles. The zero-order valence-electron chi connectivity index (χ0n) is 12.1. The summed E-state index contributed by atoms with van der Waals surface area (Å²) >= 11 is 0. The molecule has 2 rings (SSSR count). The van der Waals surface area contributed by atoms with E-state index in [9.17, 15) is 9.90 Å². The Morgan fingerprint density at radius 3 is 2.24 bits per heavy atom. The molecule has 0 saturated heterocycles. The van der Waals surface area contributed by atoms with E-state index in [1.807, 2.05) is 36.4 Å². The molecule has 0 unspecified atom stereocenters. The van der Waals surface area contributed by atoms with Crippen molar-refractivity contribution >= 4 is 11.6 Å². The third kappa shape index (κ3) is 5.28. The maximum Gasteiger partial charge on any atom is 0.221 e.